The highest BCUT2D eigenvalue weighted by atomic mass is 32.2. The van der Waals surface area contributed by atoms with Crippen LogP contribution >= 0.6 is 11.8 Å². The van der Waals surface area contributed by atoms with E-state index >= 15 is 0 Å². The quantitative estimate of drug-likeness (QED) is 0.471. The number of hydrogen-bond donors (Lipinski definition) is 2. The second-order valence-corrected chi connectivity index (χ2v) is 10.6. The fraction of sp³-hybridized carbons (Fsp3) is 0.640. The molecule has 5 nitrogen and oxygen atoms in total. The van der Waals surface area contributed by atoms with Crippen LogP contribution in [0.25, 0.3) is 0 Å². The molecule has 1 aliphatic rings. The highest BCUT2D eigenvalue weighted by molar-refractivity contribution is 8.14. The maximum atomic E-state index is 13.5. The van der Waals surface area contributed by atoms with Crippen LogP contribution in [0.3, 0.4) is 0 Å². The first-order valence-corrected chi connectivity index (χ1v) is 12.4. The summed E-state index contributed by atoms with van der Waals surface area (Å²) in [6, 6.07) is 6.88. The lowest BCUT2D eigenvalue weighted by Gasteiger charge is -2.36. The Bertz CT molecular complexity index is 770. The van der Waals surface area contributed by atoms with E-state index in [4.69, 9.17) is 0 Å². The Hall–Kier alpha value is -1.82. The van der Waals surface area contributed by atoms with Crippen molar-refractivity contribution in [1.82, 2.24) is 5.32 Å². The number of benzene rings is 1. The van der Waals surface area contributed by atoms with Crippen molar-refractivity contribution in [1.29, 1.82) is 0 Å². The van der Waals surface area contributed by atoms with Gasteiger partial charge in [0, 0.05) is 17.2 Å². The summed E-state index contributed by atoms with van der Waals surface area (Å²) in [5, 5.41) is 5.78. The maximum Gasteiger partial charge on any atom is 0.230 e. The minimum atomic E-state index is -0.568. The van der Waals surface area contributed by atoms with Gasteiger partial charge >= 0.3 is 0 Å². The molecule has 172 valence electrons. The monoisotopic (exact) mass is 446 g/mol. The SMILES string of the molecule is CC(=O)NC(C(=O)Sc1ccccc1NC(=O)C1(CCC(C)C)CCCCC1)C(C)C. The zero-order chi connectivity index (χ0) is 23.0. The number of hydrogen-bond acceptors (Lipinski definition) is 4. The van der Waals surface area contributed by atoms with Gasteiger partial charge in [0.25, 0.3) is 0 Å². The Kier molecular flexibility index (Phi) is 9.60. The zero-order valence-electron chi connectivity index (χ0n) is 19.6. The van der Waals surface area contributed by atoms with Gasteiger partial charge < -0.3 is 10.6 Å². The van der Waals surface area contributed by atoms with Gasteiger partial charge in [0.15, 0.2) is 0 Å². The second-order valence-electron chi connectivity index (χ2n) is 9.57. The van der Waals surface area contributed by atoms with Crippen LogP contribution in [-0.2, 0) is 14.4 Å². The molecular formula is C25H38N2O3S. The summed E-state index contributed by atoms with van der Waals surface area (Å²) in [6.45, 7) is 9.64. The predicted octanol–water partition coefficient (Wildman–Crippen LogP) is 5.79. The van der Waals surface area contributed by atoms with E-state index in [1.54, 1.807) is 0 Å². The van der Waals surface area contributed by atoms with E-state index in [-0.39, 0.29) is 28.3 Å². The Morgan fingerprint density at radius 3 is 2.26 bits per heavy atom. The summed E-state index contributed by atoms with van der Waals surface area (Å²) < 4.78 is 0. The van der Waals surface area contributed by atoms with Crippen molar-refractivity contribution < 1.29 is 14.4 Å². The largest absolute Gasteiger partial charge is 0.345 e. The van der Waals surface area contributed by atoms with Gasteiger partial charge in [-0.2, -0.15) is 0 Å². The Morgan fingerprint density at radius 2 is 1.68 bits per heavy atom. The molecule has 2 amide bonds. The summed E-state index contributed by atoms with van der Waals surface area (Å²) in [5.41, 5.74) is 0.353. The number of thioether (sulfide) groups is 1. The van der Waals surface area contributed by atoms with E-state index in [2.05, 4.69) is 24.5 Å². The highest BCUT2D eigenvalue weighted by Crippen LogP contribution is 2.42. The molecule has 0 radical (unpaired) electrons. The van der Waals surface area contributed by atoms with Crippen LogP contribution in [0.1, 0.15) is 79.6 Å². The van der Waals surface area contributed by atoms with E-state index in [0.29, 0.717) is 16.5 Å². The normalized spacial score (nSPS) is 16.7. The third-order valence-electron chi connectivity index (χ3n) is 6.12. The summed E-state index contributed by atoms with van der Waals surface area (Å²) in [6.07, 6.45) is 7.17. The van der Waals surface area contributed by atoms with Gasteiger partial charge in [0.05, 0.1) is 5.69 Å². The first kappa shape index (κ1) is 25.4. The highest BCUT2D eigenvalue weighted by Gasteiger charge is 2.39. The average molecular weight is 447 g/mol. The van der Waals surface area contributed by atoms with Gasteiger partial charge in [-0.15, -0.1) is 0 Å². The molecule has 1 aromatic carbocycles. The van der Waals surface area contributed by atoms with Crippen molar-refractivity contribution in [3.05, 3.63) is 24.3 Å². The Labute approximate surface area is 191 Å². The van der Waals surface area contributed by atoms with Crippen molar-refractivity contribution in [3.8, 4) is 0 Å². The molecule has 0 saturated heterocycles. The molecule has 2 rings (SSSR count). The fourth-order valence-corrected chi connectivity index (χ4v) is 5.24. The van der Waals surface area contributed by atoms with Crippen LogP contribution in [0.4, 0.5) is 5.69 Å². The van der Waals surface area contributed by atoms with Crippen LogP contribution in [0.15, 0.2) is 29.2 Å². The molecule has 1 unspecified atom stereocenters. The average Bonchev–Trinajstić information content (AvgIpc) is 2.72. The topological polar surface area (TPSA) is 75.3 Å². The van der Waals surface area contributed by atoms with Crippen LogP contribution < -0.4 is 10.6 Å². The molecular weight excluding hydrogens is 408 g/mol. The lowest BCUT2D eigenvalue weighted by molar-refractivity contribution is -0.128. The molecule has 0 aromatic heterocycles. The molecule has 31 heavy (non-hydrogen) atoms. The van der Waals surface area contributed by atoms with Crippen LogP contribution in [0.2, 0.25) is 0 Å². The summed E-state index contributed by atoms with van der Waals surface area (Å²) in [5.74, 6) is 0.398. The third-order valence-corrected chi connectivity index (χ3v) is 7.15. The lowest BCUT2D eigenvalue weighted by atomic mass is 9.69. The summed E-state index contributed by atoms with van der Waals surface area (Å²) in [7, 11) is 0. The van der Waals surface area contributed by atoms with Crippen LogP contribution in [0, 0.1) is 17.3 Å². The van der Waals surface area contributed by atoms with Crippen molar-refractivity contribution in [3.63, 3.8) is 0 Å². The molecule has 1 fully saturated rings. The molecule has 1 atom stereocenters. The van der Waals surface area contributed by atoms with Crippen molar-refractivity contribution in [2.24, 2.45) is 17.3 Å². The van der Waals surface area contributed by atoms with Crippen molar-refractivity contribution in [2.75, 3.05) is 5.32 Å². The second kappa shape index (κ2) is 11.7. The van der Waals surface area contributed by atoms with E-state index < -0.39 is 6.04 Å². The van der Waals surface area contributed by atoms with Gasteiger partial charge in [-0.1, -0.05) is 59.1 Å². The van der Waals surface area contributed by atoms with Gasteiger partial charge in [0.2, 0.25) is 16.9 Å². The molecule has 2 N–H and O–H groups in total. The van der Waals surface area contributed by atoms with Crippen molar-refractivity contribution >= 4 is 34.4 Å². The fourth-order valence-electron chi connectivity index (χ4n) is 4.19. The zero-order valence-corrected chi connectivity index (χ0v) is 20.4. The number of para-hydroxylation sites is 1. The molecule has 0 spiro atoms. The first-order chi connectivity index (χ1) is 14.6. The number of carbonyl (C=O) groups excluding carboxylic acids is 3. The number of anilines is 1. The Morgan fingerprint density at radius 1 is 1.03 bits per heavy atom. The first-order valence-electron chi connectivity index (χ1n) is 11.5. The van der Waals surface area contributed by atoms with Gasteiger partial charge in [-0.25, -0.2) is 0 Å². The Balaban J connectivity index is 2.19. The molecule has 1 aromatic rings. The molecule has 1 saturated carbocycles. The van der Waals surface area contributed by atoms with Crippen LogP contribution in [0.5, 0.6) is 0 Å². The lowest BCUT2D eigenvalue weighted by Crippen LogP contribution is -2.42. The van der Waals surface area contributed by atoms with Gasteiger partial charge in [-0.05, 0) is 61.4 Å². The molecule has 0 aliphatic heterocycles. The van der Waals surface area contributed by atoms with E-state index in [1.165, 1.54) is 13.3 Å². The molecule has 1 aliphatic carbocycles. The van der Waals surface area contributed by atoms with Gasteiger partial charge in [-0.3, -0.25) is 14.4 Å². The number of carbonyl (C=O) groups is 3. The summed E-state index contributed by atoms with van der Waals surface area (Å²) >= 11 is 1.09. The van der Waals surface area contributed by atoms with E-state index in [9.17, 15) is 14.4 Å². The molecule has 0 bridgehead atoms. The van der Waals surface area contributed by atoms with Crippen molar-refractivity contribution in [2.45, 2.75) is 90.5 Å². The molecule has 0 heterocycles. The molecule has 6 heteroatoms. The minimum Gasteiger partial charge on any atom is -0.345 e. The third kappa shape index (κ3) is 7.37. The smallest absolute Gasteiger partial charge is 0.230 e. The van der Waals surface area contributed by atoms with E-state index in [0.717, 1.165) is 50.3 Å². The number of nitrogens with one attached hydrogen (secondary N) is 2. The number of rotatable bonds is 9. The minimum absolute atomic E-state index is 0.0211. The maximum absolute atomic E-state index is 13.5. The van der Waals surface area contributed by atoms with Gasteiger partial charge in [0.1, 0.15) is 6.04 Å². The number of amides is 2. The predicted molar refractivity (Wildman–Crippen MR) is 128 cm³/mol. The van der Waals surface area contributed by atoms with Crippen LogP contribution in [-0.4, -0.2) is 23.0 Å². The summed E-state index contributed by atoms with van der Waals surface area (Å²) in [4.78, 5) is 38.6. The standard InChI is InChI=1S/C25H38N2O3S/c1-17(2)13-16-25(14-9-6-10-15-25)24(30)27-20-11-7-8-12-21(20)31-23(29)22(18(3)4)26-19(5)28/h7-8,11-12,17-18,22H,6,9-10,13-16H2,1-5H3,(H,26,28)(H,27,30). The van der Waals surface area contributed by atoms with E-state index in [1.807, 2.05) is 38.1 Å².